The molecule has 1 unspecified atom stereocenters. The van der Waals surface area contributed by atoms with Gasteiger partial charge in [-0.2, -0.15) is 0 Å². The molecule has 1 rings (SSSR count). The quantitative estimate of drug-likeness (QED) is 0.731. The predicted molar refractivity (Wildman–Crippen MR) is 79.3 cm³/mol. The van der Waals surface area contributed by atoms with Crippen molar-refractivity contribution in [3.63, 3.8) is 0 Å². The van der Waals surface area contributed by atoms with E-state index < -0.39 is 5.97 Å². The summed E-state index contributed by atoms with van der Waals surface area (Å²) in [6.45, 7) is 2.55. The summed E-state index contributed by atoms with van der Waals surface area (Å²) in [5.74, 6) is -0.801. The minimum atomic E-state index is -0.783. The van der Waals surface area contributed by atoms with Gasteiger partial charge in [0.05, 0.1) is 12.4 Å². The Balaban J connectivity index is 2.38. The zero-order valence-electron chi connectivity index (χ0n) is 12.0. The fourth-order valence-corrected chi connectivity index (χ4v) is 2.25. The van der Waals surface area contributed by atoms with Gasteiger partial charge in [-0.15, -0.1) is 0 Å². The number of hydrogen-bond donors (Lipinski definition) is 2. The zero-order valence-corrected chi connectivity index (χ0v) is 12.8. The van der Waals surface area contributed by atoms with Crippen molar-refractivity contribution < 1.29 is 14.7 Å². The summed E-state index contributed by atoms with van der Waals surface area (Å²) in [5.41, 5.74) is 0.181. The maximum atomic E-state index is 11.8. The molecule has 0 aromatic carbocycles. The maximum Gasteiger partial charge on any atom is 0.303 e. The number of carbonyl (C=O) groups is 2. The average Bonchev–Trinajstić information content (AvgIpc) is 2.44. The summed E-state index contributed by atoms with van der Waals surface area (Å²) >= 11 is 5.68. The van der Waals surface area contributed by atoms with Crippen LogP contribution in [0.5, 0.6) is 0 Å². The van der Waals surface area contributed by atoms with Gasteiger partial charge in [-0.1, -0.05) is 31.4 Å². The van der Waals surface area contributed by atoms with E-state index in [0.717, 1.165) is 19.3 Å². The molecule has 21 heavy (non-hydrogen) atoms. The molecule has 0 saturated carbocycles. The third-order valence-electron chi connectivity index (χ3n) is 3.14. The number of amides is 1. The highest BCUT2D eigenvalue weighted by Gasteiger charge is 2.12. The van der Waals surface area contributed by atoms with Gasteiger partial charge in [0.25, 0.3) is 5.91 Å². The van der Waals surface area contributed by atoms with E-state index in [4.69, 9.17) is 16.7 Å². The minimum absolute atomic E-state index is 0.165. The van der Waals surface area contributed by atoms with Crippen molar-refractivity contribution in [3.05, 3.63) is 23.2 Å². The second kappa shape index (κ2) is 9.28. The highest BCUT2D eigenvalue weighted by molar-refractivity contribution is 6.29. The molecule has 1 aromatic heterocycles. The number of carbonyl (C=O) groups excluding carboxylic acids is 1. The molecule has 1 amide bonds. The normalized spacial score (nSPS) is 11.9. The van der Waals surface area contributed by atoms with E-state index in [2.05, 4.69) is 22.2 Å². The van der Waals surface area contributed by atoms with Gasteiger partial charge in [-0.3, -0.25) is 14.6 Å². The molecule has 1 aromatic rings. The first kappa shape index (κ1) is 17.4. The SMILES string of the molecule is CCCC(CCNC(=O)c1cncc(Cl)n1)CCC(=O)O. The lowest BCUT2D eigenvalue weighted by Gasteiger charge is -2.15. The summed E-state index contributed by atoms with van der Waals surface area (Å²) in [6.07, 6.45) is 6.23. The average molecular weight is 314 g/mol. The highest BCUT2D eigenvalue weighted by Crippen LogP contribution is 2.17. The lowest BCUT2D eigenvalue weighted by atomic mass is 9.94. The summed E-state index contributed by atoms with van der Waals surface area (Å²) in [6, 6.07) is 0. The summed E-state index contributed by atoms with van der Waals surface area (Å²) in [5, 5.41) is 11.7. The van der Waals surface area contributed by atoms with Crippen molar-refractivity contribution in [1.82, 2.24) is 15.3 Å². The van der Waals surface area contributed by atoms with Gasteiger partial charge in [0.2, 0.25) is 0 Å². The van der Waals surface area contributed by atoms with Crippen LogP contribution in [0.15, 0.2) is 12.4 Å². The lowest BCUT2D eigenvalue weighted by Crippen LogP contribution is -2.27. The smallest absolute Gasteiger partial charge is 0.303 e. The van der Waals surface area contributed by atoms with Crippen LogP contribution in [-0.4, -0.2) is 33.5 Å². The number of halogens is 1. The molecule has 0 fully saturated rings. The molecule has 2 N–H and O–H groups in total. The molecule has 0 saturated heterocycles. The first-order valence-electron chi connectivity index (χ1n) is 7.00. The Hall–Kier alpha value is -1.69. The molecule has 1 atom stereocenters. The third-order valence-corrected chi connectivity index (χ3v) is 3.32. The van der Waals surface area contributed by atoms with Crippen LogP contribution in [0.2, 0.25) is 5.15 Å². The Kier molecular flexibility index (Phi) is 7.68. The van der Waals surface area contributed by atoms with Gasteiger partial charge in [-0.05, 0) is 18.8 Å². The second-order valence-corrected chi connectivity index (χ2v) is 5.25. The van der Waals surface area contributed by atoms with Gasteiger partial charge in [-0.25, -0.2) is 4.98 Å². The van der Waals surface area contributed by atoms with Gasteiger partial charge < -0.3 is 10.4 Å². The largest absolute Gasteiger partial charge is 0.481 e. The van der Waals surface area contributed by atoms with E-state index in [-0.39, 0.29) is 23.2 Å². The number of carboxylic acids is 1. The molecule has 116 valence electrons. The van der Waals surface area contributed by atoms with Crippen molar-refractivity contribution in [2.75, 3.05) is 6.54 Å². The Morgan fingerprint density at radius 1 is 1.33 bits per heavy atom. The van der Waals surface area contributed by atoms with E-state index in [1.807, 2.05) is 0 Å². The summed E-state index contributed by atoms with van der Waals surface area (Å²) in [7, 11) is 0. The van der Waals surface area contributed by atoms with Crippen molar-refractivity contribution in [3.8, 4) is 0 Å². The number of hydrogen-bond acceptors (Lipinski definition) is 4. The Morgan fingerprint density at radius 3 is 2.71 bits per heavy atom. The summed E-state index contributed by atoms with van der Waals surface area (Å²) < 4.78 is 0. The van der Waals surface area contributed by atoms with Crippen LogP contribution in [0.1, 0.15) is 49.5 Å². The minimum Gasteiger partial charge on any atom is -0.481 e. The predicted octanol–water partition coefficient (Wildman–Crippen LogP) is 2.53. The van der Waals surface area contributed by atoms with Crippen LogP contribution in [0.4, 0.5) is 0 Å². The lowest BCUT2D eigenvalue weighted by molar-refractivity contribution is -0.137. The number of nitrogens with one attached hydrogen (secondary N) is 1. The first-order chi connectivity index (χ1) is 10.0. The molecule has 0 spiro atoms. The van der Waals surface area contributed by atoms with Crippen molar-refractivity contribution in [2.45, 2.75) is 39.0 Å². The van der Waals surface area contributed by atoms with E-state index in [9.17, 15) is 9.59 Å². The van der Waals surface area contributed by atoms with Crippen molar-refractivity contribution >= 4 is 23.5 Å². The maximum absolute atomic E-state index is 11.8. The van der Waals surface area contributed by atoms with Crippen molar-refractivity contribution in [2.24, 2.45) is 5.92 Å². The fraction of sp³-hybridized carbons (Fsp3) is 0.571. The topological polar surface area (TPSA) is 92.2 Å². The fourth-order valence-electron chi connectivity index (χ4n) is 2.10. The summed E-state index contributed by atoms with van der Waals surface area (Å²) in [4.78, 5) is 30.1. The van der Waals surface area contributed by atoms with E-state index in [0.29, 0.717) is 18.9 Å². The van der Waals surface area contributed by atoms with Crippen LogP contribution in [-0.2, 0) is 4.79 Å². The molecule has 6 nitrogen and oxygen atoms in total. The van der Waals surface area contributed by atoms with E-state index >= 15 is 0 Å². The monoisotopic (exact) mass is 313 g/mol. The van der Waals surface area contributed by atoms with Crippen molar-refractivity contribution in [1.29, 1.82) is 0 Å². The Morgan fingerprint density at radius 2 is 2.10 bits per heavy atom. The standard InChI is InChI=1S/C14H20ClN3O3/c1-2-3-10(4-5-13(19)20)6-7-17-14(21)11-8-16-9-12(15)18-11/h8-10H,2-7H2,1H3,(H,17,21)(H,19,20). The third kappa shape index (κ3) is 7.04. The molecular formula is C14H20ClN3O3. The molecule has 1 heterocycles. The van der Waals surface area contributed by atoms with Gasteiger partial charge >= 0.3 is 5.97 Å². The molecule has 0 bridgehead atoms. The van der Waals surface area contributed by atoms with E-state index in [1.165, 1.54) is 12.4 Å². The molecule has 0 aliphatic heterocycles. The second-order valence-electron chi connectivity index (χ2n) is 4.86. The number of aliphatic carboxylic acids is 1. The first-order valence-corrected chi connectivity index (χ1v) is 7.38. The molecule has 0 radical (unpaired) electrons. The van der Waals surface area contributed by atoms with Gasteiger partial charge in [0.15, 0.2) is 0 Å². The molecule has 0 aliphatic rings. The molecule has 7 heteroatoms. The van der Waals surface area contributed by atoms with Crippen LogP contribution >= 0.6 is 11.6 Å². The number of carboxylic acid groups (broad SMARTS) is 1. The zero-order chi connectivity index (χ0) is 15.7. The molecular weight excluding hydrogens is 294 g/mol. The number of aromatic nitrogens is 2. The van der Waals surface area contributed by atoms with E-state index in [1.54, 1.807) is 0 Å². The van der Waals surface area contributed by atoms with Crippen LogP contribution in [0.25, 0.3) is 0 Å². The van der Waals surface area contributed by atoms with Crippen LogP contribution < -0.4 is 5.32 Å². The number of rotatable bonds is 9. The Labute approximate surface area is 128 Å². The van der Waals surface area contributed by atoms with Crippen LogP contribution in [0, 0.1) is 5.92 Å². The number of nitrogens with zero attached hydrogens (tertiary/aromatic N) is 2. The molecule has 0 aliphatic carbocycles. The van der Waals surface area contributed by atoms with Gasteiger partial charge in [0.1, 0.15) is 10.8 Å². The highest BCUT2D eigenvalue weighted by atomic mass is 35.5. The Bertz CT molecular complexity index is 482. The van der Waals surface area contributed by atoms with Crippen LogP contribution in [0.3, 0.4) is 0 Å². The van der Waals surface area contributed by atoms with Gasteiger partial charge in [0, 0.05) is 13.0 Å².